The van der Waals surface area contributed by atoms with Crippen molar-refractivity contribution in [3.05, 3.63) is 102 Å². The van der Waals surface area contributed by atoms with E-state index in [1.165, 1.54) is 27.8 Å². The summed E-state index contributed by atoms with van der Waals surface area (Å²) < 4.78 is 0. The van der Waals surface area contributed by atoms with Crippen LogP contribution in [0.1, 0.15) is 30.0 Å². The van der Waals surface area contributed by atoms with Gasteiger partial charge in [0.25, 0.3) is 0 Å². The zero-order chi connectivity index (χ0) is 15.9. The quantitative estimate of drug-likeness (QED) is 0.403. The molecule has 0 radical (unpaired) electrons. The third-order valence-electron chi connectivity index (χ3n) is 4.05. The summed E-state index contributed by atoms with van der Waals surface area (Å²) >= 11 is 0. The Hall–Kier alpha value is -2.60. The molecular weight excluding hydrogens is 276 g/mol. The molecule has 0 aromatic heterocycles. The summed E-state index contributed by atoms with van der Waals surface area (Å²) in [4.78, 5) is 0. The van der Waals surface area contributed by atoms with E-state index in [0.29, 0.717) is 0 Å². The lowest BCUT2D eigenvalue weighted by Crippen LogP contribution is -1.77. The lowest BCUT2D eigenvalue weighted by Gasteiger charge is -1.98. The Morgan fingerprint density at radius 3 is 1.78 bits per heavy atom. The highest BCUT2D eigenvalue weighted by atomic mass is 14.2. The number of benzene rings is 3. The average molecular weight is 298 g/mol. The fraction of sp³-hybridized carbons (Fsp3) is 0.130. The monoisotopic (exact) mass is 298 g/mol. The summed E-state index contributed by atoms with van der Waals surface area (Å²) in [7, 11) is 0. The van der Waals surface area contributed by atoms with Gasteiger partial charge in [-0.25, -0.2) is 0 Å². The van der Waals surface area contributed by atoms with Crippen molar-refractivity contribution in [2.75, 3.05) is 0 Å². The first-order valence-electron chi connectivity index (χ1n) is 8.26. The Kier molecular flexibility index (Phi) is 5.06. The standard InChI is InChI=1S/C13H10.C10H12/c1-3-7-12-10(5-1)9-11-6-2-4-8-13(11)12;1-2-3-7-10-8-5-4-6-9-10/h1-8H,9H2;3-9H,2H2,1H3. The second-order valence-corrected chi connectivity index (χ2v) is 5.71. The van der Waals surface area contributed by atoms with Crippen molar-refractivity contribution >= 4 is 6.08 Å². The predicted octanol–water partition coefficient (Wildman–Crippen LogP) is 6.37. The molecule has 0 aliphatic heterocycles. The Labute approximate surface area is 139 Å². The largest absolute Gasteiger partial charge is 0.0842 e. The zero-order valence-electron chi connectivity index (χ0n) is 13.6. The van der Waals surface area contributed by atoms with Crippen LogP contribution in [-0.4, -0.2) is 0 Å². The van der Waals surface area contributed by atoms with Crippen LogP contribution >= 0.6 is 0 Å². The molecule has 0 amide bonds. The van der Waals surface area contributed by atoms with Crippen LogP contribution in [0.4, 0.5) is 0 Å². The average Bonchev–Trinajstić information content (AvgIpc) is 3.00. The second-order valence-electron chi connectivity index (χ2n) is 5.71. The molecule has 0 heteroatoms. The van der Waals surface area contributed by atoms with Crippen molar-refractivity contribution in [1.29, 1.82) is 0 Å². The van der Waals surface area contributed by atoms with E-state index < -0.39 is 0 Å². The summed E-state index contributed by atoms with van der Waals surface area (Å²) in [6.45, 7) is 2.14. The molecule has 3 aromatic carbocycles. The van der Waals surface area contributed by atoms with Crippen LogP contribution in [0.15, 0.2) is 84.9 Å². The van der Waals surface area contributed by atoms with E-state index in [1.807, 2.05) is 6.07 Å². The minimum atomic E-state index is 1.10. The van der Waals surface area contributed by atoms with E-state index in [0.717, 1.165) is 12.8 Å². The summed E-state index contributed by atoms with van der Waals surface area (Å²) in [6.07, 6.45) is 6.51. The normalized spacial score (nSPS) is 11.5. The summed E-state index contributed by atoms with van der Waals surface area (Å²) in [6, 6.07) is 27.6. The van der Waals surface area contributed by atoms with Crippen LogP contribution in [0.3, 0.4) is 0 Å². The van der Waals surface area contributed by atoms with Crippen LogP contribution in [0.5, 0.6) is 0 Å². The maximum atomic E-state index is 2.22. The van der Waals surface area contributed by atoms with Gasteiger partial charge < -0.3 is 0 Å². The Balaban J connectivity index is 0.000000142. The van der Waals surface area contributed by atoms with Gasteiger partial charge in [-0.3, -0.25) is 0 Å². The Morgan fingerprint density at radius 1 is 0.696 bits per heavy atom. The molecule has 0 saturated heterocycles. The van der Waals surface area contributed by atoms with Crippen molar-refractivity contribution in [2.45, 2.75) is 19.8 Å². The SMILES string of the molecule is CCC=Cc1ccccc1.c1ccc2c(c1)Cc1ccccc1-2. The fourth-order valence-corrected chi connectivity index (χ4v) is 2.90. The highest BCUT2D eigenvalue weighted by molar-refractivity contribution is 5.76. The lowest BCUT2D eigenvalue weighted by molar-refractivity contribution is 1.23. The van der Waals surface area contributed by atoms with Gasteiger partial charge in [-0.15, -0.1) is 0 Å². The van der Waals surface area contributed by atoms with Gasteiger partial charge in [0.15, 0.2) is 0 Å². The van der Waals surface area contributed by atoms with E-state index in [9.17, 15) is 0 Å². The van der Waals surface area contributed by atoms with Crippen LogP contribution in [0, 0.1) is 0 Å². The second kappa shape index (κ2) is 7.60. The minimum Gasteiger partial charge on any atom is -0.0842 e. The Morgan fingerprint density at radius 2 is 1.22 bits per heavy atom. The maximum Gasteiger partial charge on any atom is -0.00135 e. The molecule has 0 saturated carbocycles. The molecule has 0 heterocycles. The smallest absolute Gasteiger partial charge is 0.00135 e. The molecule has 23 heavy (non-hydrogen) atoms. The highest BCUT2D eigenvalue weighted by Crippen LogP contribution is 2.35. The first-order valence-corrected chi connectivity index (χ1v) is 8.26. The van der Waals surface area contributed by atoms with Crippen LogP contribution in [0.25, 0.3) is 17.2 Å². The molecule has 1 aliphatic rings. The molecule has 114 valence electrons. The molecule has 0 N–H and O–H groups in total. The van der Waals surface area contributed by atoms with Crippen LogP contribution in [0.2, 0.25) is 0 Å². The zero-order valence-corrected chi connectivity index (χ0v) is 13.6. The third-order valence-corrected chi connectivity index (χ3v) is 4.05. The molecule has 0 fully saturated rings. The van der Waals surface area contributed by atoms with E-state index in [4.69, 9.17) is 0 Å². The van der Waals surface area contributed by atoms with E-state index >= 15 is 0 Å². The molecule has 3 aromatic rings. The van der Waals surface area contributed by atoms with Crippen molar-refractivity contribution in [3.8, 4) is 11.1 Å². The van der Waals surface area contributed by atoms with Crippen LogP contribution in [-0.2, 0) is 6.42 Å². The fourth-order valence-electron chi connectivity index (χ4n) is 2.90. The summed E-state index contributed by atoms with van der Waals surface area (Å²) in [5.41, 5.74) is 7.04. The Bertz CT molecular complexity index is 738. The summed E-state index contributed by atoms with van der Waals surface area (Å²) in [5, 5.41) is 0. The van der Waals surface area contributed by atoms with Crippen molar-refractivity contribution in [2.24, 2.45) is 0 Å². The molecule has 1 aliphatic carbocycles. The first-order chi connectivity index (χ1) is 11.4. The lowest BCUT2D eigenvalue weighted by atomic mass is 10.1. The molecule has 0 nitrogen and oxygen atoms in total. The van der Waals surface area contributed by atoms with Gasteiger partial charge in [0, 0.05) is 0 Å². The van der Waals surface area contributed by atoms with E-state index in [-0.39, 0.29) is 0 Å². The van der Waals surface area contributed by atoms with Crippen LogP contribution < -0.4 is 0 Å². The first kappa shape index (κ1) is 15.3. The minimum absolute atomic E-state index is 1.10. The molecule has 0 unspecified atom stereocenters. The number of hydrogen-bond donors (Lipinski definition) is 0. The number of rotatable bonds is 2. The van der Waals surface area contributed by atoms with Crippen molar-refractivity contribution in [3.63, 3.8) is 0 Å². The van der Waals surface area contributed by atoms with Gasteiger partial charge in [0.05, 0.1) is 0 Å². The number of fused-ring (bicyclic) bond motifs is 3. The van der Waals surface area contributed by atoms with Gasteiger partial charge >= 0.3 is 0 Å². The van der Waals surface area contributed by atoms with Gasteiger partial charge in [-0.1, -0.05) is 97.9 Å². The molecule has 4 rings (SSSR count). The third kappa shape index (κ3) is 3.78. The topological polar surface area (TPSA) is 0 Å². The van der Waals surface area contributed by atoms with Gasteiger partial charge in [-0.05, 0) is 40.7 Å². The maximum absolute atomic E-state index is 2.22. The highest BCUT2D eigenvalue weighted by Gasteiger charge is 2.15. The van der Waals surface area contributed by atoms with Gasteiger partial charge in [-0.2, -0.15) is 0 Å². The molecule has 0 bridgehead atoms. The molecule has 0 atom stereocenters. The van der Waals surface area contributed by atoms with Crippen molar-refractivity contribution in [1.82, 2.24) is 0 Å². The predicted molar refractivity (Wildman–Crippen MR) is 100 cm³/mol. The molecular formula is C23H22. The van der Waals surface area contributed by atoms with Gasteiger partial charge in [0.2, 0.25) is 0 Å². The number of allylic oxidation sites excluding steroid dienone is 1. The molecule has 0 spiro atoms. The van der Waals surface area contributed by atoms with E-state index in [1.54, 1.807) is 0 Å². The van der Waals surface area contributed by atoms with Gasteiger partial charge in [0.1, 0.15) is 0 Å². The summed E-state index contributed by atoms with van der Waals surface area (Å²) in [5.74, 6) is 0. The van der Waals surface area contributed by atoms with Crippen molar-refractivity contribution < 1.29 is 0 Å². The number of hydrogen-bond acceptors (Lipinski definition) is 0. The van der Waals surface area contributed by atoms with E-state index in [2.05, 4.69) is 91.9 Å².